The molecular formula is C30H32ClF3N2O3. The first-order valence-corrected chi connectivity index (χ1v) is 13.3. The van der Waals surface area contributed by atoms with Crippen LogP contribution in [0, 0.1) is 11.8 Å². The van der Waals surface area contributed by atoms with Gasteiger partial charge in [-0.2, -0.15) is 13.2 Å². The third-order valence-electron chi connectivity index (χ3n) is 6.96. The molecule has 3 atom stereocenters. The van der Waals surface area contributed by atoms with Gasteiger partial charge in [0.05, 0.1) is 34.5 Å². The molecular weight excluding hydrogens is 529 g/mol. The van der Waals surface area contributed by atoms with Crippen molar-refractivity contribution >= 4 is 40.1 Å². The highest BCUT2D eigenvalue weighted by Gasteiger charge is 2.45. The predicted octanol–water partition coefficient (Wildman–Crippen LogP) is 8.03. The average molecular weight is 561 g/mol. The van der Waals surface area contributed by atoms with Gasteiger partial charge in [0.25, 0.3) is 0 Å². The van der Waals surface area contributed by atoms with E-state index in [9.17, 15) is 22.8 Å². The summed E-state index contributed by atoms with van der Waals surface area (Å²) in [6.45, 7) is 6.40. The lowest BCUT2D eigenvalue weighted by atomic mass is 9.85. The lowest BCUT2D eigenvalue weighted by Crippen LogP contribution is -2.34. The molecule has 0 saturated heterocycles. The molecule has 0 aliphatic heterocycles. The van der Waals surface area contributed by atoms with Crippen LogP contribution in [-0.2, 0) is 14.3 Å². The molecule has 1 saturated carbocycles. The first-order valence-electron chi connectivity index (χ1n) is 13.0. The van der Waals surface area contributed by atoms with Crippen molar-refractivity contribution in [2.75, 3.05) is 5.32 Å². The molecule has 0 radical (unpaired) electrons. The van der Waals surface area contributed by atoms with Crippen molar-refractivity contribution in [1.82, 2.24) is 4.98 Å². The van der Waals surface area contributed by atoms with E-state index < -0.39 is 29.5 Å². The second kappa shape index (κ2) is 11.2. The Morgan fingerprint density at radius 1 is 1.08 bits per heavy atom. The Morgan fingerprint density at radius 3 is 2.41 bits per heavy atom. The number of hydrogen-bond acceptors (Lipinski definition) is 4. The Morgan fingerprint density at radius 2 is 1.77 bits per heavy atom. The Hall–Kier alpha value is -3.13. The van der Waals surface area contributed by atoms with E-state index >= 15 is 0 Å². The number of nitrogens with zero attached hydrogens (tertiary/aromatic N) is 1. The number of aromatic nitrogens is 1. The number of benzene rings is 2. The first kappa shape index (κ1) is 28.9. The fraction of sp³-hybridized carbons (Fsp3) is 0.433. The molecule has 4 rings (SSSR count). The molecule has 208 valence electrons. The molecule has 1 aliphatic rings. The number of hydrogen-bond donors (Lipinski definition) is 1. The Balaban J connectivity index is 1.63. The van der Waals surface area contributed by atoms with Gasteiger partial charge in [0.1, 0.15) is 5.60 Å². The number of fused-ring (bicyclic) bond motifs is 1. The number of amides is 1. The standard InChI is InChI=1S/C30H32ClF3N2O3/c1-17(30(32,33)34)27(21-10-9-19-6-5-13-35-24(19)15-21)28(38)36-25-14-20(11-12-23(25)31)22(18-7-8-18)16-26(37)39-29(2,3)4/h5-6,9-15,17-18,22,27H,7-8,16H2,1-4H3,(H,36,38)/t17-,22+,27+/m1/s1. The van der Waals surface area contributed by atoms with Crippen molar-refractivity contribution < 1.29 is 27.5 Å². The number of ether oxygens (including phenoxy) is 1. The minimum Gasteiger partial charge on any atom is -0.460 e. The lowest BCUT2D eigenvalue weighted by Gasteiger charge is -2.26. The molecule has 1 N–H and O–H groups in total. The second-order valence-electron chi connectivity index (χ2n) is 11.2. The van der Waals surface area contributed by atoms with Crippen molar-refractivity contribution in [3.05, 3.63) is 70.9 Å². The van der Waals surface area contributed by atoms with Crippen LogP contribution in [0.25, 0.3) is 10.9 Å². The molecule has 1 aromatic heterocycles. The minimum atomic E-state index is -4.61. The zero-order valence-electron chi connectivity index (χ0n) is 22.3. The Labute approximate surface area is 231 Å². The number of rotatable bonds is 8. The molecule has 3 aromatic rings. The predicted molar refractivity (Wildman–Crippen MR) is 146 cm³/mol. The zero-order chi connectivity index (χ0) is 28.5. The van der Waals surface area contributed by atoms with Gasteiger partial charge in [-0.05, 0) is 80.8 Å². The van der Waals surface area contributed by atoms with E-state index in [0.29, 0.717) is 5.52 Å². The van der Waals surface area contributed by atoms with E-state index in [-0.39, 0.29) is 40.5 Å². The molecule has 9 heteroatoms. The number of alkyl halides is 3. The highest BCUT2D eigenvalue weighted by Crippen LogP contribution is 2.46. The average Bonchev–Trinajstić information content (AvgIpc) is 3.68. The first-order chi connectivity index (χ1) is 18.2. The molecule has 1 heterocycles. The summed E-state index contributed by atoms with van der Waals surface area (Å²) in [5.74, 6) is -4.52. The van der Waals surface area contributed by atoms with Crippen LogP contribution >= 0.6 is 11.6 Å². The second-order valence-corrected chi connectivity index (χ2v) is 11.6. The fourth-order valence-corrected chi connectivity index (χ4v) is 5.00. The third-order valence-corrected chi connectivity index (χ3v) is 7.29. The molecule has 1 amide bonds. The van der Waals surface area contributed by atoms with Crippen molar-refractivity contribution in [2.24, 2.45) is 11.8 Å². The summed E-state index contributed by atoms with van der Waals surface area (Å²) >= 11 is 6.39. The van der Waals surface area contributed by atoms with Crippen LogP contribution in [0.4, 0.5) is 18.9 Å². The summed E-state index contributed by atoms with van der Waals surface area (Å²) in [6.07, 6.45) is -0.989. The smallest absolute Gasteiger partial charge is 0.392 e. The van der Waals surface area contributed by atoms with Crippen LogP contribution in [0.2, 0.25) is 5.02 Å². The Bertz CT molecular complexity index is 1370. The van der Waals surface area contributed by atoms with Crippen molar-refractivity contribution in [2.45, 2.75) is 70.6 Å². The summed E-state index contributed by atoms with van der Waals surface area (Å²) in [5, 5.41) is 3.60. The summed E-state index contributed by atoms with van der Waals surface area (Å²) in [6, 6.07) is 13.3. The van der Waals surface area contributed by atoms with Crippen LogP contribution < -0.4 is 5.32 Å². The monoisotopic (exact) mass is 560 g/mol. The zero-order valence-corrected chi connectivity index (χ0v) is 23.1. The SMILES string of the molecule is C[C@H]([C@H](C(=O)Nc1cc([C@@H](CC(=O)OC(C)(C)C)C2CC2)ccc1Cl)c1ccc2cccnc2c1)C(F)(F)F. The highest BCUT2D eigenvalue weighted by atomic mass is 35.5. The number of esters is 1. The molecule has 2 aromatic carbocycles. The molecule has 0 unspecified atom stereocenters. The van der Waals surface area contributed by atoms with E-state index in [1.807, 2.05) is 0 Å². The van der Waals surface area contributed by atoms with Crippen LogP contribution in [0.5, 0.6) is 0 Å². The van der Waals surface area contributed by atoms with Gasteiger partial charge in [0, 0.05) is 11.6 Å². The van der Waals surface area contributed by atoms with Gasteiger partial charge < -0.3 is 10.1 Å². The van der Waals surface area contributed by atoms with Gasteiger partial charge in [0.15, 0.2) is 0 Å². The number of anilines is 1. The van der Waals surface area contributed by atoms with Gasteiger partial charge >= 0.3 is 12.1 Å². The fourth-order valence-electron chi connectivity index (χ4n) is 4.83. The van der Waals surface area contributed by atoms with Gasteiger partial charge in [-0.3, -0.25) is 14.6 Å². The van der Waals surface area contributed by atoms with Crippen LogP contribution in [0.1, 0.15) is 69.9 Å². The van der Waals surface area contributed by atoms with E-state index in [1.165, 1.54) is 12.1 Å². The molecule has 39 heavy (non-hydrogen) atoms. The largest absolute Gasteiger partial charge is 0.460 e. The number of pyridine rings is 1. The molecule has 0 spiro atoms. The van der Waals surface area contributed by atoms with Crippen molar-refractivity contribution in [3.63, 3.8) is 0 Å². The van der Waals surface area contributed by atoms with E-state index in [2.05, 4.69) is 10.3 Å². The van der Waals surface area contributed by atoms with Gasteiger partial charge in [0.2, 0.25) is 5.91 Å². The summed E-state index contributed by atoms with van der Waals surface area (Å²) < 4.78 is 47.3. The maximum Gasteiger partial charge on any atom is 0.392 e. The van der Waals surface area contributed by atoms with Crippen LogP contribution in [-0.4, -0.2) is 28.6 Å². The van der Waals surface area contributed by atoms with E-state index in [4.69, 9.17) is 16.3 Å². The third kappa shape index (κ3) is 7.29. The number of halogens is 4. The van der Waals surface area contributed by atoms with Gasteiger partial charge in [-0.1, -0.05) is 42.8 Å². The normalized spacial score (nSPS) is 16.4. The van der Waals surface area contributed by atoms with Crippen molar-refractivity contribution in [3.8, 4) is 0 Å². The van der Waals surface area contributed by atoms with Crippen LogP contribution in [0.15, 0.2) is 54.7 Å². The van der Waals surface area contributed by atoms with Gasteiger partial charge in [-0.25, -0.2) is 0 Å². The highest BCUT2D eigenvalue weighted by molar-refractivity contribution is 6.33. The maximum absolute atomic E-state index is 13.9. The number of nitrogens with one attached hydrogen (secondary N) is 1. The summed E-state index contributed by atoms with van der Waals surface area (Å²) in [7, 11) is 0. The number of carbonyl (C=O) groups is 2. The quantitative estimate of drug-likeness (QED) is 0.283. The summed E-state index contributed by atoms with van der Waals surface area (Å²) in [5.41, 5.74) is 1.06. The molecule has 1 aliphatic carbocycles. The minimum absolute atomic E-state index is 0.149. The van der Waals surface area contributed by atoms with Gasteiger partial charge in [-0.15, -0.1) is 0 Å². The van der Waals surface area contributed by atoms with E-state index in [1.54, 1.807) is 63.4 Å². The lowest BCUT2D eigenvalue weighted by molar-refractivity contribution is -0.178. The maximum atomic E-state index is 13.9. The molecule has 5 nitrogen and oxygen atoms in total. The van der Waals surface area contributed by atoms with Crippen LogP contribution in [0.3, 0.4) is 0 Å². The van der Waals surface area contributed by atoms with E-state index in [0.717, 1.165) is 30.7 Å². The Kier molecular flexibility index (Phi) is 8.26. The molecule has 0 bridgehead atoms. The summed E-state index contributed by atoms with van der Waals surface area (Å²) in [4.78, 5) is 30.3. The topological polar surface area (TPSA) is 68.3 Å². The van der Waals surface area contributed by atoms with Crippen molar-refractivity contribution in [1.29, 1.82) is 0 Å². The number of carbonyl (C=O) groups excluding carboxylic acids is 2. The molecule has 1 fully saturated rings.